The normalized spacial score (nSPS) is 11.0. The molecule has 0 atom stereocenters. The Balaban J connectivity index is 1.48. The minimum atomic E-state index is 0.0148. The SMILES string of the molecule is Cc1ccc(CN(C)C(=O)CSc2nnc(-c3cccs3)n2Cc2ccccc2)o1. The number of thiophene rings is 1. The van der Waals surface area contributed by atoms with E-state index in [2.05, 4.69) is 26.9 Å². The molecule has 1 aromatic carbocycles. The number of rotatable bonds is 8. The lowest BCUT2D eigenvalue weighted by Gasteiger charge is -2.15. The quantitative estimate of drug-likeness (QED) is 0.373. The minimum Gasteiger partial charge on any atom is -0.464 e. The molecule has 3 heterocycles. The highest BCUT2D eigenvalue weighted by Gasteiger charge is 2.18. The Morgan fingerprint density at radius 2 is 1.97 bits per heavy atom. The van der Waals surface area contributed by atoms with Crippen LogP contribution in [0.5, 0.6) is 0 Å². The monoisotopic (exact) mass is 438 g/mol. The molecule has 0 aliphatic heterocycles. The fourth-order valence-electron chi connectivity index (χ4n) is 3.02. The fourth-order valence-corrected chi connectivity index (χ4v) is 4.62. The molecule has 0 bridgehead atoms. The molecule has 0 aliphatic rings. The van der Waals surface area contributed by atoms with E-state index in [0.717, 1.165) is 32.9 Å². The molecule has 0 radical (unpaired) electrons. The number of hydrogen-bond donors (Lipinski definition) is 0. The molecule has 30 heavy (non-hydrogen) atoms. The van der Waals surface area contributed by atoms with Gasteiger partial charge in [0.05, 0.1) is 23.7 Å². The van der Waals surface area contributed by atoms with Crippen LogP contribution in [-0.4, -0.2) is 38.4 Å². The van der Waals surface area contributed by atoms with Crippen molar-refractivity contribution in [2.45, 2.75) is 25.2 Å². The van der Waals surface area contributed by atoms with Gasteiger partial charge in [-0.15, -0.1) is 21.5 Å². The van der Waals surface area contributed by atoms with E-state index in [1.807, 2.05) is 54.8 Å². The molecule has 0 aliphatic carbocycles. The lowest BCUT2D eigenvalue weighted by molar-refractivity contribution is -0.127. The number of carbonyl (C=O) groups excluding carboxylic acids is 1. The summed E-state index contributed by atoms with van der Waals surface area (Å²) in [5.74, 6) is 2.74. The van der Waals surface area contributed by atoms with Gasteiger partial charge in [0.1, 0.15) is 11.5 Å². The van der Waals surface area contributed by atoms with Crippen molar-refractivity contribution in [2.24, 2.45) is 0 Å². The Bertz CT molecular complexity index is 1100. The van der Waals surface area contributed by atoms with Crippen LogP contribution in [0.15, 0.2) is 69.6 Å². The van der Waals surface area contributed by atoms with Crippen molar-refractivity contribution < 1.29 is 9.21 Å². The van der Waals surface area contributed by atoms with E-state index in [1.165, 1.54) is 11.8 Å². The molecule has 154 valence electrons. The molecule has 0 unspecified atom stereocenters. The third-order valence-electron chi connectivity index (χ3n) is 4.58. The van der Waals surface area contributed by atoms with Gasteiger partial charge in [0.15, 0.2) is 11.0 Å². The van der Waals surface area contributed by atoms with E-state index in [1.54, 1.807) is 23.3 Å². The number of aromatic nitrogens is 3. The van der Waals surface area contributed by atoms with Crippen molar-refractivity contribution in [1.82, 2.24) is 19.7 Å². The fraction of sp³-hybridized carbons (Fsp3) is 0.227. The van der Waals surface area contributed by atoms with Crippen molar-refractivity contribution in [3.8, 4) is 10.7 Å². The summed E-state index contributed by atoms with van der Waals surface area (Å²) in [6.07, 6.45) is 0. The molecule has 3 aromatic heterocycles. The molecule has 0 saturated heterocycles. The van der Waals surface area contributed by atoms with Gasteiger partial charge in [0.25, 0.3) is 0 Å². The lowest BCUT2D eigenvalue weighted by atomic mass is 10.2. The maximum absolute atomic E-state index is 12.6. The zero-order chi connectivity index (χ0) is 20.9. The summed E-state index contributed by atoms with van der Waals surface area (Å²) < 4.78 is 7.65. The molecule has 4 rings (SSSR count). The first-order chi connectivity index (χ1) is 14.6. The second-order valence-electron chi connectivity index (χ2n) is 6.91. The minimum absolute atomic E-state index is 0.0148. The van der Waals surface area contributed by atoms with Crippen LogP contribution < -0.4 is 0 Å². The molecular weight excluding hydrogens is 416 g/mol. The van der Waals surface area contributed by atoms with Crippen LogP contribution in [-0.2, 0) is 17.9 Å². The van der Waals surface area contributed by atoms with Gasteiger partial charge in [0, 0.05) is 7.05 Å². The van der Waals surface area contributed by atoms with Crippen molar-refractivity contribution in [1.29, 1.82) is 0 Å². The number of nitrogens with zero attached hydrogens (tertiary/aromatic N) is 4. The van der Waals surface area contributed by atoms with Gasteiger partial charge in [-0.05, 0) is 36.1 Å². The van der Waals surface area contributed by atoms with Gasteiger partial charge in [-0.2, -0.15) is 0 Å². The number of carbonyl (C=O) groups is 1. The van der Waals surface area contributed by atoms with Gasteiger partial charge < -0.3 is 9.32 Å². The Labute approximate surface area is 183 Å². The Kier molecular flexibility index (Phi) is 6.35. The number of aryl methyl sites for hydroxylation is 1. The summed E-state index contributed by atoms with van der Waals surface area (Å²) >= 11 is 3.04. The number of amides is 1. The summed E-state index contributed by atoms with van der Waals surface area (Å²) in [5, 5.41) is 11.6. The zero-order valence-corrected chi connectivity index (χ0v) is 18.4. The Morgan fingerprint density at radius 1 is 1.13 bits per heavy atom. The van der Waals surface area contributed by atoms with Crippen LogP contribution in [0.1, 0.15) is 17.1 Å². The third-order valence-corrected chi connectivity index (χ3v) is 6.40. The summed E-state index contributed by atoms with van der Waals surface area (Å²) in [6.45, 7) is 3.00. The van der Waals surface area contributed by atoms with E-state index >= 15 is 0 Å². The molecule has 6 nitrogen and oxygen atoms in total. The third kappa shape index (κ3) is 4.83. The van der Waals surface area contributed by atoms with Crippen molar-refractivity contribution in [2.75, 3.05) is 12.8 Å². The van der Waals surface area contributed by atoms with Crippen LogP contribution in [0.3, 0.4) is 0 Å². The van der Waals surface area contributed by atoms with Crippen LogP contribution >= 0.6 is 23.1 Å². The summed E-state index contributed by atoms with van der Waals surface area (Å²) in [6, 6.07) is 18.0. The molecule has 1 amide bonds. The summed E-state index contributed by atoms with van der Waals surface area (Å²) in [7, 11) is 1.78. The standard InChI is InChI=1S/C22H22N4O2S2/c1-16-10-11-18(28-16)14-25(2)20(27)15-30-22-24-23-21(19-9-6-12-29-19)26(22)13-17-7-4-3-5-8-17/h3-12H,13-15H2,1-2H3. The average Bonchev–Trinajstić information content (AvgIpc) is 3.49. The predicted octanol–water partition coefficient (Wildman–Crippen LogP) is 4.71. The topological polar surface area (TPSA) is 64.2 Å². The average molecular weight is 439 g/mol. The maximum atomic E-state index is 12.6. The van der Waals surface area contributed by atoms with Crippen LogP contribution in [0.25, 0.3) is 10.7 Å². The van der Waals surface area contributed by atoms with Crippen LogP contribution in [0.2, 0.25) is 0 Å². The number of hydrogen-bond acceptors (Lipinski definition) is 6. The van der Waals surface area contributed by atoms with Crippen molar-refractivity contribution in [3.05, 3.63) is 77.1 Å². The number of thioether (sulfide) groups is 1. The molecule has 4 aromatic rings. The van der Waals surface area contributed by atoms with Crippen LogP contribution in [0, 0.1) is 6.92 Å². The van der Waals surface area contributed by atoms with E-state index in [0.29, 0.717) is 13.1 Å². The first-order valence-electron chi connectivity index (χ1n) is 9.53. The van der Waals surface area contributed by atoms with Gasteiger partial charge in [-0.25, -0.2) is 0 Å². The van der Waals surface area contributed by atoms with Gasteiger partial charge >= 0.3 is 0 Å². The number of furan rings is 1. The molecular formula is C22H22N4O2S2. The van der Waals surface area contributed by atoms with E-state index in [-0.39, 0.29) is 11.7 Å². The summed E-state index contributed by atoms with van der Waals surface area (Å²) in [5.41, 5.74) is 1.16. The highest BCUT2D eigenvalue weighted by atomic mass is 32.2. The Morgan fingerprint density at radius 3 is 2.67 bits per heavy atom. The molecule has 8 heteroatoms. The Hall–Kier alpha value is -2.84. The zero-order valence-electron chi connectivity index (χ0n) is 16.8. The molecule has 0 saturated carbocycles. The van der Waals surface area contributed by atoms with Gasteiger partial charge in [-0.3, -0.25) is 9.36 Å². The first kappa shape index (κ1) is 20.4. The summed E-state index contributed by atoms with van der Waals surface area (Å²) in [4.78, 5) is 15.4. The second-order valence-corrected chi connectivity index (χ2v) is 8.80. The molecule has 0 fully saturated rings. The lowest BCUT2D eigenvalue weighted by Crippen LogP contribution is -2.27. The van der Waals surface area contributed by atoms with Gasteiger partial charge in [0.2, 0.25) is 5.91 Å². The highest BCUT2D eigenvalue weighted by molar-refractivity contribution is 7.99. The van der Waals surface area contributed by atoms with E-state index < -0.39 is 0 Å². The predicted molar refractivity (Wildman–Crippen MR) is 120 cm³/mol. The van der Waals surface area contributed by atoms with E-state index in [9.17, 15) is 4.79 Å². The van der Waals surface area contributed by atoms with Gasteiger partial charge in [-0.1, -0.05) is 48.2 Å². The molecule has 0 spiro atoms. The van der Waals surface area contributed by atoms with Crippen molar-refractivity contribution in [3.63, 3.8) is 0 Å². The first-order valence-corrected chi connectivity index (χ1v) is 11.4. The maximum Gasteiger partial charge on any atom is 0.233 e. The molecule has 0 N–H and O–H groups in total. The smallest absolute Gasteiger partial charge is 0.233 e. The highest BCUT2D eigenvalue weighted by Crippen LogP contribution is 2.28. The number of benzene rings is 1. The largest absolute Gasteiger partial charge is 0.464 e. The second kappa shape index (κ2) is 9.32. The van der Waals surface area contributed by atoms with Crippen molar-refractivity contribution >= 4 is 29.0 Å². The van der Waals surface area contributed by atoms with E-state index in [4.69, 9.17) is 4.42 Å². The van der Waals surface area contributed by atoms with Crippen LogP contribution in [0.4, 0.5) is 0 Å².